The molecule has 1 aromatic heterocycles. The number of methoxy groups -OCH3 is 2. The number of piperazine rings is 1. The number of hydrogen-bond acceptors (Lipinski definition) is 6. The number of amides is 2. The highest BCUT2D eigenvalue weighted by atomic mass is 16.5. The van der Waals surface area contributed by atoms with Crippen LogP contribution in [-0.4, -0.2) is 66.2 Å². The molecule has 3 aromatic rings. The smallest absolute Gasteiger partial charge is 0.317 e. The number of nitrogens with zero attached hydrogens (tertiary/aromatic N) is 3. The van der Waals surface area contributed by atoms with Gasteiger partial charge in [0, 0.05) is 38.3 Å². The van der Waals surface area contributed by atoms with Gasteiger partial charge in [0.25, 0.3) is 5.56 Å². The molecule has 0 saturated carbocycles. The highest BCUT2D eigenvalue weighted by Gasteiger charge is 2.22. The van der Waals surface area contributed by atoms with Crippen molar-refractivity contribution in [1.82, 2.24) is 25.1 Å². The Kier molecular flexibility index (Phi) is 6.55. The molecule has 0 radical (unpaired) electrons. The molecule has 0 aliphatic carbocycles. The highest BCUT2D eigenvalue weighted by molar-refractivity contribution is 5.77. The van der Waals surface area contributed by atoms with Crippen LogP contribution < -0.4 is 20.3 Å². The van der Waals surface area contributed by atoms with E-state index in [1.165, 1.54) is 0 Å². The molecule has 32 heavy (non-hydrogen) atoms. The van der Waals surface area contributed by atoms with Gasteiger partial charge in [0.1, 0.15) is 5.82 Å². The molecule has 4 rings (SSSR count). The number of hydrogen-bond donors (Lipinski definition) is 2. The van der Waals surface area contributed by atoms with Crippen LogP contribution in [0.25, 0.3) is 10.9 Å². The van der Waals surface area contributed by atoms with Crippen molar-refractivity contribution < 1.29 is 14.3 Å². The van der Waals surface area contributed by atoms with Crippen molar-refractivity contribution in [3.63, 3.8) is 0 Å². The number of aromatic amines is 1. The lowest BCUT2D eigenvalue weighted by Gasteiger charge is -2.34. The largest absolute Gasteiger partial charge is 0.493 e. The third kappa shape index (κ3) is 4.67. The summed E-state index contributed by atoms with van der Waals surface area (Å²) in [5.74, 6) is 1.89. The van der Waals surface area contributed by atoms with E-state index in [1.54, 1.807) is 25.2 Å². The maximum absolute atomic E-state index is 12.6. The van der Waals surface area contributed by atoms with Crippen molar-refractivity contribution in [2.24, 2.45) is 0 Å². The molecule has 1 saturated heterocycles. The molecular formula is C23H27N5O4. The average molecular weight is 438 g/mol. The molecule has 0 bridgehead atoms. The first-order chi connectivity index (χ1) is 15.6. The Morgan fingerprint density at radius 3 is 2.59 bits per heavy atom. The van der Waals surface area contributed by atoms with Gasteiger partial charge in [-0.25, -0.2) is 9.78 Å². The van der Waals surface area contributed by atoms with Crippen molar-refractivity contribution in [3.05, 3.63) is 64.2 Å². The van der Waals surface area contributed by atoms with E-state index in [0.717, 1.165) is 5.56 Å². The van der Waals surface area contributed by atoms with E-state index >= 15 is 0 Å². The van der Waals surface area contributed by atoms with Crippen LogP contribution in [0.3, 0.4) is 0 Å². The molecule has 1 aliphatic heterocycles. The number of carbonyl (C=O) groups excluding carboxylic acids is 1. The van der Waals surface area contributed by atoms with Crippen LogP contribution in [0.5, 0.6) is 11.5 Å². The minimum absolute atomic E-state index is 0.119. The fraction of sp³-hybridized carbons (Fsp3) is 0.348. The van der Waals surface area contributed by atoms with Crippen LogP contribution in [0.1, 0.15) is 11.4 Å². The number of fused-ring (bicyclic) bond motifs is 1. The number of rotatable bonds is 6. The fourth-order valence-electron chi connectivity index (χ4n) is 3.91. The maximum atomic E-state index is 12.6. The summed E-state index contributed by atoms with van der Waals surface area (Å²) in [5.41, 5.74) is 1.42. The van der Waals surface area contributed by atoms with Crippen molar-refractivity contribution in [1.29, 1.82) is 0 Å². The summed E-state index contributed by atoms with van der Waals surface area (Å²) in [7, 11) is 3.17. The van der Waals surface area contributed by atoms with Gasteiger partial charge in [-0.2, -0.15) is 0 Å². The molecule has 2 amide bonds. The van der Waals surface area contributed by atoms with Crippen LogP contribution in [-0.2, 0) is 13.1 Å². The van der Waals surface area contributed by atoms with Crippen molar-refractivity contribution in [2.75, 3.05) is 40.4 Å². The van der Waals surface area contributed by atoms with E-state index in [0.29, 0.717) is 67.5 Å². The first kappa shape index (κ1) is 21.6. The van der Waals surface area contributed by atoms with Crippen molar-refractivity contribution >= 4 is 16.9 Å². The van der Waals surface area contributed by atoms with E-state index in [4.69, 9.17) is 9.47 Å². The maximum Gasteiger partial charge on any atom is 0.317 e. The summed E-state index contributed by atoms with van der Waals surface area (Å²) in [4.78, 5) is 36.3. The molecule has 2 N–H and O–H groups in total. The topological polar surface area (TPSA) is 99.8 Å². The van der Waals surface area contributed by atoms with Gasteiger partial charge in [0.05, 0.1) is 31.7 Å². The molecule has 9 heteroatoms. The van der Waals surface area contributed by atoms with Crippen LogP contribution >= 0.6 is 0 Å². The molecule has 2 aromatic carbocycles. The normalized spacial score (nSPS) is 14.4. The standard InChI is InChI=1S/C23H27N5O4/c1-31-19-9-5-6-16(21(19)32-2)14-24-23(30)28-12-10-27(11-13-28)15-20-25-18-8-4-3-7-17(18)22(29)26-20/h3-9H,10-15H2,1-2H3,(H,24,30)(H,25,26,29). The third-order valence-electron chi connectivity index (χ3n) is 5.61. The monoisotopic (exact) mass is 437 g/mol. The van der Waals surface area contributed by atoms with E-state index < -0.39 is 0 Å². The Bertz CT molecular complexity index is 1150. The van der Waals surface area contributed by atoms with Gasteiger partial charge in [-0.1, -0.05) is 24.3 Å². The SMILES string of the molecule is COc1cccc(CNC(=O)N2CCN(Cc3nc4ccccc4c(=O)[nH]3)CC2)c1OC. The Morgan fingerprint density at radius 1 is 1.06 bits per heavy atom. The van der Waals surface area contributed by atoms with Gasteiger partial charge in [-0.05, 0) is 18.2 Å². The number of urea groups is 1. The third-order valence-corrected chi connectivity index (χ3v) is 5.61. The van der Waals surface area contributed by atoms with Crippen LogP contribution in [0.15, 0.2) is 47.3 Å². The van der Waals surface area contributed by atoms with Gasteiger partial charge < -0.3 is 24.7 Å². The Morgan fingerprint density at radius 2 is 1.84 bits per heavy atom. The van der Waals surface area contributed by atoms with Crippen LogP contribution in [0.4, 0.5) is 4.79 Å². The number of benzene rings is 2. The molecule has 0 atom stereocenters. The first-order valence-electron chi connectivity index (χ1n) is 10.5. The van der Waals surface area contributed by atoms with Gasteiger partial charge in [0.2, 0.25) is 0 Å². The van der Waals surface area contributed by atoms with Crippen LogP contribution in [0.2, 0.25) is 0 Å². The summed E-state index contributed by atoms with van der Waals surface area (Å²) >= 11 is 0. The number of para-hydroxylation sites is 2. The quantitative estimate of drug-likeness (QED) is 0.612. The molecule has 0 unspecified atom stereocenters. The minimum Gasteiger partial charge on any atom is -0.493 e. The van der Waals surface area contributed by atoms with Gasteiger partial charge in [-0.3, -0.25) is 9.69 Å². The van der Waals surface area contributed by atoms with E-state index in [9.17, 15) is 9.59 Å². The molecule has 2 heterocycles. The van der Waals surface area contributed by atoms with Gasteiger partial charge >= 0.3 is 6.03 Å². The zero-order valence-corrected chi connectivity index (χ0v) is 18.3. The zero-order valence-electron chi connectivity index (χ0n) is 18.3. The van der Waals surface area contributed by atoms with Gasteiger partial charge in [0.15, 0.2) is 11.5 Å². The second-order valence-corrected chi connectivity index (χ2v) is 7.60. The summed E-state index contributed by atoms with van der Waals surface area (Å²) in [5, 5.41) is 3.55. The Labute approximate surface area is 186 Å². The van der Waals surface area contributed by atoms with Crippen molar-refractivity contribution in [2.45, 2.75) is 13.1 Å². The molecule has 0 spiro atoms. The molecular weight excluding hydrogens is 410 g/mol. The first-order valence-corrected chi connectivity index (χ1v) is 10.5. The number of ether oxygens (including phenoxy) is 2. The van der Waals surface area contributed by atoms with E-state index in [2.05, 4.69) is 20.2 Å². The lowest BCUT2D eigenvalue weighted by molar-refractivity contribution is 0.133. The Hall–Kier alpha value is -3.59. The predicted molar refractivity (Wildman–Crippen MR) is 121 cm³/mol. The second-order valence-electron chi connectivity index (χ2n) is 7.60. The molecule has 9 nitrogen and oxygen atoms in total. The highest BCUT2D eigenvalue weighted by Crippen LogP contribution is 2.30. The summed E-state index contributed by atoms with van der Waals surface area (Å²) < 4.78 is 10.7. The number of carbonyl (C=O) groups is 1. The average Bonchev–Trinajstić information content (AvgIpc) is 2.82. The van der Waals surface area contributed by atoms with E-state index in [-0.39, 0.29) is 11.6 Å². The predicted octanol–water partition coefficient (Wildman–Crippen LogP) is 1.97. The Balaban J connectivity index is 1.31. The molecule has 168 valence electrons. The van der Waals surface area contributed by atoms with Crippen molar-refractivity contribution in [3.8, 4) is 11.5 Å². The lowest BCUT2D eigenvalue weighted by atomic mass is 10.2. The summed E-state index contributed by atoms with van der Waals surface area (Å²) in [6.45, 7) is 3.48. The lowest BCUT2D eigenvalue weighted by Crippen LogP contribution is -2.51. The number of nitrogens with one attached hydrogen (secondary N) is 2. The second kappa shape index (κ2) is 9.69. The molecule has 1 fully saturated rings. The molecule has 1 aliphatic rings. The minimum atomic E-state index is -0.128. The number of aromatic nitrogens is 2. The van der Waals surface area contributed by atoms with E-state index in [1.807, 2.05) is 36.4 Å². The zero-order chi connectivity index (χ0) is 22.5. The summed E-state index contributed by atoms with van der Waals surface area (Å²) in [6, 6.07) is 12.8. The van der Waals surface area contributed by atoms with Gasteiger partial charge in [-0.15, -0.1) is 0 Å². The van der Waals surface area contributed by atoms with Crippen LogP contribution in [0, 0.1) is 0 Å². The summed E-state index contributed by atoms with van der Waals surface area (Å²) in [6.07, 6.45) is 0. The fourth-order valence-corrected chi connectivity index (χ4v) is 3.91. The number of H-pyrrole nitrogens is 1.